The fraction of sp³-hybridized carbons (Fsp3) is 0.276. The number of ether oxygens (including phenoxy) is 3. The molecule has 8 heteroatoms. The summed E-state index contributed by atoms with van der Waals surface area (Å²) < 4.78 is 16.7. The van der Waals surface area contributed by atoms with E-state index in [-0.39, 0.29) is 17.9 Å². The number of hydrogen-bond acceptors (Lipinski definition) is 6. The van der Waals surface area contributed by atoms with Crippen LogP contribution in [-0.2, 0) is 0 Å². The molecule has 0 heterocycles. The van der Waals surface area contributed by atoms with Crippen molar-refractivity contribution in [1.29, 1.82) is 0 Å². The Labute approximate surface area is 216 Å². The first-order chi connectivity index (χ1) is 18.0. The Hall–Kier alpha value is -4.33. The van der Waals surface area contributed by atoms with Crippen LogP contribution in [0.5, 0.6) is 17.2 Å². The Balaban J connectivity index is 1.37. The van der Waals surface area contributed by atoms with Gasteiger partial charge in [-0.25, -0.2) is 5.01 Å². The van der Waals surface area contributed by atoms with Crippen LogP contribution < -0.4 is 19.5 Å². The van der Waals surface area contributed by atoms with E-state index >= 15 is 0 Å². The lowest BCUT2D eigenvalue weighted by molar-refractivity contribution is 0.0800. The van der Waals surface area contributed by atoms with Crippen LogP contribution in [0.2, 0.25) is 0 Å². The smallest absolute Gasteiger partial charge is 0.273 e. The summed E-state index contributed by atoms with van der Waals surface area (Å²) in [6, 6.07) is 19.1. The molecular formula is C29H31N3O5. The summed E-state index contributed by atoms with van der Waals surface area (Å²) in [4.78, 5) is 25.3. The predicted octanol–water partition coefficient (Wildman–Crippen LogP) is 5.38. The van der Waals surface area contributed by atoms with Crippen molar-refractivity contribution in [1.82, 2.24) is 5.01 Å². The number of amides is 2. The Bertz CT molecular complexity index is 1250. The van der Waals surface area contributed by atoms with Gasteiger partial charge in [0.05, 0.1) is 26.5 Å². The maximum Gasteiger partial charge on any atom is 0.273 e. The first-order valence-electron chi connectivity index (χ1n) is 12.2. The van der Waals surface area contributed by atoms with Crippen LogP contribution in [0.3, 0.4) is 0 Å². The molecule has 37 heavy (non-hydrogen) atoms. The maximum atomic E-state index is 12.8. The fourth-order valence-corrected chi connectivity index (χ4v) is 4.09. The molecule has 0 aliphatic heterocycles. The molecule has 0 spiro atoms. The monoisotopic (exact) mass is 501 g/mol. The zero-order valence-corrected chi connectivity index (χ0v) is 21.3. The Kier molecular flexibility index (Phi) is 8.40. The van der Waals surface area contributed by atoms with E-state index in [0.717, 1.165) is 18.4 Å². The van der Waals surface area contributed by atoms with Gasteiger partial charge in [0.25, 0.3) is 11.8 Å². The molecule has 0 atom stereocenters. The van der Waals surface area contributed by atoms with Crippen LogP contribution in [0, 0.1) is 0 Å². The number of rotatable bonds is 9. The van der Waals surface area contributed by atoms with Gasteiger partial charge in [0, 0.05) is 23.9 Å². The van der Waals surface area contributed by atoms with E-state index in [1.165, 1.54) is 17.9 Å². The summed E-state index contributed by atoms with van der Waals surface area (Å²) in [5, 5.41) is 8.40. The Morgan fingerprint density at radius 1 is 0.892 bits per heavy atom. The third kappa shape index (κ3) is 6.67. The molecule has 0 radical (unpaired) electrons. The highest BCUT2D eigenvalue weighted by atomic mass is 16.5. The summed E-state index contributed by atoms with van der Waals surface area (Å²) in [7, 11) is 4.78. The standard InChI is InChI=1S/C29H31N3O5/c1-32(30-19-20-8-17-26(36-3)27(18-20)37-25-6-4-5-7-25)29(34)22-9-13-23(14-10-22)31-28(33)21-11-15-24(35-2)16-12-21/h8-19,25H,4-7H2,1-3H3,(H,31,33). The molecule has 1 aliphatic rings. The Morgan fingerprint density at radius 2 is 1.57 bits per heavy atom. The minimum absolute atomic E-state index is 0.203. The largest absolute Gasteiger partial charge is 0.497 e. The summed E-state index contributed by atoms with van der Waals surface area (Å²) in [6.07, 6.45) is 6.26. The summed E-state index contributed by atoms with van der Waals surface area (Å²) in [5.74, 6) is 1.50. The summed E-state index contributed by atoms with van der Waals surface area (Å²) >= 11 is 0. The van der Waals surface area contributed by atoms with Gasteiger partial charge in [-0.3, -0.25) is 9.59 Å². The van der Waals surface area contributed by atoms with Gasteiger partial charge in [-0.1, -0.05) is 0 Å². The van der Waals surface area contributed by atoms with Gasteiger partial charge in [0.1, 0.15) is 5.75 Å². The number of anilines is 1. The van der Waals surface area contributed by atoms with E-state index in [1.807, 2.05) is 18.2 Å². The highest BCUT2D eigenvalue weighted by Crippen LogP contribution is 2.32. The molecule has 0 aromatic heterocycles. The molecule has 0 bridgehead atoms. The average Bonchev–Trinajstić information content (AvgIpc) is 3.45. The molecule has 1 fully saturated rings. The van der Waals surface area contributed by atoms with Crippen molar-refractivity contribution >= 4 is 23.7 Å². The van der Waals surface area contributed by atoms with Crippen LogP contribution in [0.25, 0.3) is 0 Å². The molecule has 2 amide bonds. The molecule has 192 valence electrons. The lowest BCUT2D eigenvalue weighted by Gasteiger charge is -2.16. The molecule has 8 nitrogen and oxygen atoms in total. The van der Waals surface area contributed by atoms with Crippen molar-refractivity contribution in [3.63, 3.8) is 0 Å². The van der Waals surface area contributed by atoms with Gasteiger partial charge in [-0.05, 0) is 98.0 Å². The third-order valence-electron chi connectivity index (χ3n) is 6.20. The van der Waals surface area contributed by atoms with E-state index < -0.39 is 0 Å². The second-order valence-corrected chi connectivity index (χ2v) is 8.77. The Morgan fingerprint density at radius 3 is 2.22 bits per heavy atom. The topological polar surface area (TPSA) is 89.5 Å². The van der Waals surface area contributed by atoms with E-state index in [1.54, 1.807) is 76.0 Å². The van der Waals surface area contributed by atoms with Crippen molar-refractivity contribution in [2.45, 2.75) is 31.8 Å². The number of hydrogen-bond donors (Lipinski definition) is 1. The number of hydrazone groups is 1. The van der Waals surface area contributed by atoms with E-state index in [0.29, 0.717) is 34.1 Å². The number of carbonyl (C=O) groups is 2. The second kappa shape index (κ2) is 12.1. The van der Waals surface area contributed by atoms with Crippen molar-refractivity contribution in [2.24, 2.45) is 5.10 Å². The number of nitrogens with one attached hydrogen (secondary N) is 1. The third-order valence-corrected chi connectivity index (χ3v) is 6.20. The molecule has 0 unspecified atom stereocenters. The van der Waals surface area contributed by atoms with Crippen LogP contribution in [0.1, 0.15) is 52.0 Å². The predicted molar refractivity (Wildman–Crippen MR) is 143 cm³/mol. The lowest BCUT2D eigenvalue weighted by Crippen LogP contribution is -2.21. The maximum absolute atomic E-state index is 12.8. The SMILES string of the molecule is COc1ccc(C(=O)Nc2ccc(C(=O)N(C)N=Cc3ccc(OC)c(OC4CCCC4)c3)cc2)cc1. The van der Waals surface area contributed by atoms with Gasteiger partial charge in [-0.2, -0.15) is 5.10 Å². The molecule has 3 aromatic rings. The highest BCUT2D eigenvalue weighted by molar-refractivity contribution is 6.04. The van der Waals surface area contributed by atoms with Gasteiger partial charge < -0.3 is 19.5 Å². The minimum atomic E-state index is -0.278. The lowest BCUT2D eigenvalue weighted by atomic mass is 10.1. The fourth-order valence-electron chi connectivity index (χ4n) is 4.09. The first-order valence-corrected chi connectivity index (χ1v) is 12.2. The summed E-state index contributed by atoms with van der Waals surface area (Å²) in [6.45, 7) is 0. The minimum Gasteiger partial charge on any atom is -0.497 e. The molecule has 0 saturated heterocycles. The quantitative estimate of drug-likeness (QED) is 0.314. The van der Waals surface area contributed by atoms with Crippen LogP contribution in [0.4, 0.5) is 5.69 Å². The number of nitrogens with zero attached hydrogens (tertiary/aromatic N) is 2. The average molecular weight is 502 g/mol. The number of carbonyl (C=O) groups excluding carboxylic acids is 2. The van der Waals surface area contributed by atoms with Gasteiger partial charge in [-0.15, -0.1) is 0 Å². The number of methoxy groups -OCH3 is 2. The van der Waals surface area contributed by atoms with Crippen LogP contribution in [0.15, 0.2) is 71.8 Å². The molecule has 4 rings (SSSR count). The first kappa shape index (κ1) is 25.8. The van der Waals surface area contributed by atoms with Crippen LogP contribution >= 0.6 is 0 Å². The number of benzene rings is 3. The van der Waals surface area contributed by atoms with Crippen molar-refractivity contribution in [2.75, 3.05) is 26.6 Å². The molecule has 1 saturated carbocycles. The van der Waals surface area contributed by atoms with Crippen molar-refractivity contribution in [3.05, 3.63) is 83.4 Å². The zero-order valence-electron chi connectivity index (χ0n) is 21.3. The van der Waals surface area contributed by atoms with Crippen molar-refractivity contribution in [3.8, 4) is 17.2 Å². The zero-order chi connectivity index (χ0) is 26.2. The van der Waals surface area contributed by atoms with Gasteiger partial charge >= 0.3 is 0 Å². The van der Waals surface area contributed by atoms with Gasteiger partial charge in [0.2, 0.25) is 0 Å². The van der Waals surface area contributed by atoms with E-state index in [4.69, 9.17) is 14.2 Å². The molecule has 1 N–H and O–H groups in total. The molecule has 1 aliphatic carbocycles. The summed E-state index contributed by atoms with van der Waals surface area (Å²) in [5.41, 5.74) is 2.33. The second-order valence-electron chi connectivity index (χ2n) is 8.77. The van der Waals surface area contributed by atoms with Gasteiger partial charge in [0.15, 0.2) is 11.5 Å². The van der Waals surface area contributed by atoms with Crippen LogP contribution in [-0.4, -0.2) is 50.4 Å². The van der Waals surface area contributed by atoms with E-state index in [9.17, 15) is 9.59 Å². The molecular weight excluding hydrogens is 470 g/mol. The van der Waals surface area contributed by atoms with E-state index in [2.05, 4.69) is 10.4 Å². The molecule has 3 aromatic carbocycles. The highest BCUT2D eigenvalue weighted by Gasteiger charge is 2.18. The normalized spacial score (nSPS) is 13.4. The van der Waals surface area contributed by atoms with Crippen molar-refractivity contribution < 1.29 is 23.8 Å².